The highest BCUT2D eigenvalue weighted by atomic mass is 79.9. The molecule has 1 nitrogen and oxygen atoms in total. The predicted octanol–water partition coefficient (Wildman–Crippen LogP) is 14.4. The van der Waals surface area contributed by atoms with Gasteiger partial charge in [-0.05, 0) is 85.3 Å². The first-order chi connectivity index (χ1) is 27.2. The Morgan fingerprint density at radius 1 is 0.382 bits per heavy atom. The van der Waals surface area contributed by atoms with E-state index in [1.54, 1.807) is 0 Å². The van der Waals surface area contributed by atoms with Gasteiger partial charge in [0.05, 0.1) is 16.4 Å². The second-order valence-electron chi connectivity index (χ2n) is 14.6. The van der Waals surface area contributed by atoms with E-state index >= 15 is 0 Å². The number of halogens is 1. The second kappa shape index (κ2) is 12.6. The third-order valence-corrected chi connectivity index (χ3v) is 12.4. The highest BCUT2D eigenvalue weighted by Gasteiger charge is 2.46. The fourth-order valence-electron chi connectivity index (χ4n) is 9.34. The summed E-state index contributed by atoms with van der Waals surface area (Å²) in [6.45, 7) is 0. The van der Waals surface area contributed by atoms with E-state index in [2.05, 4.69) is 227 Å². The van der Waals surface area contributed by atoms with Crippen molar-refractivity contribution in [2.75, 3.05) is 0 Å². The van der Waals surface area contributed by atoms with Gasteiger partial charge in [0.2, 0.25) is 0 Å². The Morgan fingerprint density at radius 3 is 1.75 bits per heavy atom. The molecule has 10 aromatic rings. The summed E-state index contributed by atoms with van der Waals surface area (Å²) >= 11 is 3.74. The van der Waals surface area contributed by atoms with Gasteiger partial charge in [0.15, 0.2) is 0 Å². The van der Waals surface area contributed by atoms with E-state index in [0.717, 1.165) is 10.2 Å². The van der Waals surface area contributed by atoms with Crippen LogP contribution in [0, 0.1) is 0 Å². The maximum absolute atomic E-state index is 3.74. The fraction of sp³-hybridized carbons (Fsp3) is 0.0189. The Labute approximate surface area is 328 Å². The van der Waals surface area contributed by atoms with E-state index in [9.17, 15) is 0 Å². The summed E-state index contributed by atoms with van der Waals surface area (Å²) in [5, 5.41) is 4.99. The zero-order valence-electron chi connectivity index (χ0n) is 30.0. The number of benzene rings is 9. The summed E-state index contributed by atoms with van der Waals surface area (Å²) in [6.07, 6.45) is 0. The molecule has 0 saturated heterocycles. The third-order valence-electron chi connectivity index (χ3n) is 11.8. The molecule has 0 N–H and O–H groups in total. The number of hydrogen-bond donors (Lipinski definition) is 0. The first-order valence-corrected chi connectivity index (χ1v) is 19.7. The Balaban J connectivity index is 1.17. The average Bonchev–Trinajstić information content (AvgIpc) is 3.75. The van der Waals surface area contributed by atoms with E-state index in [1.807, 2.05) is 0 Å². The molecule has 0 amide bonds. The van der Waals surface area contributed by atoms with Crippen LogP contribution in [0.2, 0.25) is 0 Å². The van der Waals surface area contributed by atoms with Crippen molar-refractivity contribution in [3.05, 3.63) is 233 Å². The lowest BCUT2D eigenvalue weighted by atomic mass is 9.68. The quantitative estimate of drug-likeness (QED) is 0.164. The number of aromatic nitrogens is 1. The predicted molar refractivity (Wildman–Crippen MR) is 234 cm³/mol. The number of nitrogens with zero attached hydrogens (tertiary/aromatic N) is 1. The van der Waals surface area contributed by atoms with Crippen molar-refractivity contribution >= 4 is 48.5 Å². The third kappa shape index (κ3) is 4.78. The Morgan fingerprint density at radius 2 is 0.982 bits per heavy atom. The lowest BCUT2D eigenvalue weighted by Crippen LogP contribution is -2.28. The van der Waals surface area contributed by atoms with Crippen molar-refractivity contribution in [2.24, 2.45) is 0 Å². The van der Waals surface area contributed by atoms with Gasteiger partial charge in [-0.15, -0.1) is 0 Å². The van der Waals surface area contributed by atoms with Gasteiger partial charge in [-0.1, -0.05) is 198 Å². The van der Waals surface area contributed by atoms with Crippen LogP contribution in [0.3, 0.4) is 0 Å². The van der Waals surface area contributed by atoms with Crippen LogP contribution in [0.1, 0.15) is 22.3 Å². The van der Waals surface area contributed by atoms with Gasteiger partial charge in [0.25, 0.3) is 0 Å². The SMILES string of the molecule is Brc1ccccc1-c1ccc(-c2ccc3c4ccc5ccccc5c4n(-c4ccc5c(c4)-c4ccccc4C5(c4ccccc4)c4ccccc4)c3c2)cc1. The molecule has 0 spiro atoms. The Bertz CT molecular complexity index is 3040. The van der Waals surface area contributed by atoms with Crippen LogP contribution in [0.25, 0.3) is 71.6 Å². The van der Waals surface area contributed by atoms with Crippen LogP contribution >= 0.6 is 15.9 Å². The Kier molecular flexibility index (Phi) is 7.30. The monoisotopic (exact) mass is 763 g/mol. The van der Waals surface area contributed by atoms with Crippen molar-refractivity contribution < 1.29 is 0 Å². The zero-order valence-corrected chi connectivity index (χ0v) is 31.5. The molecule has 11 rings (SSSR count). The molecule has 0 unspecified atom stereocenters. The van der Waals surface area contributed by atoms with Gasteiger partial charge in [0, 0.05) is 26.3 Å². The minimum Gasteiger partial charge on any atom is -0.309 e. The minimum absolute atomic E-state index is 0.435. The van der Waals surface area contributed by atoms with Crippen LogP contribution in [0.15, 0.2) is 211 Å². The summed E-state index contributed by atoms with van der Waals surface area (Å²) in [6, 6.07) is 76.0. The molecular weight excluding hydrogens is 730 g/mol. The van der Waals surface area contributed by atoms with Gasteiger partial charge < -0.3 is 4.57 Å². The van der Waals surface area contributed by atoms with E-state index in [4.69, 9.17) is 0 Å². The van der Waals surface area contributed by atoms with Crippen LogP contribution in [-0.2, 0) is 5.41 Å². The Hall–Kier alpha value is -6.48. The molecule has 0 bridgehead atoms. The molecule has 0 saturated carbocycles. The van der Waals surface area contributed by atoms with Crippen molar-refractivity contribution in [1.29, 1.82) is 0 Å². The van der Waals surface area contributed by atoms with Gasteiger partial charge in [-0.3, -0.25) is 0 Å². The molecule has 1 aliphatic rings. The lowest BCUT2D eigenvalue weighted by molar-refractivity contribution is 0.768. The largest absolute Gasteiger partial charge is 0.309 e. The highest BCUT2D eigenvalue weighted by Crippen LogP contribution is 2.56. The molecule has 1 aromatic heterocycles. The van der Waals surface area contributed by atoms with Gasteiger partial charge >= 0.3 is 0 Å². The molecule has 0 fully saturated rings. The summed E-state index contributed by atoms with van der Waals surface area (Å²) in [4.78, 5) is 0. The van der Waals surface area contributed by atoms with Gasteiger partial charge in [0.1, 0.15) is 0 Å². The topological polar surface area (TPSA) is 4.93 Å². The van der Waals surface area contributed by atoms with Crippen LogP contribution in [-0.4, -0.2) is 4.57 Å². The highest BCUT2D eigenvalue weighted by molar-refractivity contribution is 9.10. The molecule has 0 atom stereocenters. The van der Waals surface area contributed by atoms with Crippen LogP contribution in [0.5, 0.6) is 0 Å². The molecular formula is C53H34BrN. The molecule has 2 heteroatoms. The molecule has 1 heterocycles. The molecule has 9 aromatic carbocycles. The fourth-order valence-corrected chi connectivity index (χ4v) is 9.85. The summed E-state index contributed by atoms with van der Waals surface area (Å²) in [5.41, 5.74) is 15.7. The standard InChI is InChI=1S/C53H34BrN/c54-50-22-12-10-18-42(50)37-25-23-35(24-26-37)38-28-30-45-46-31-27-36-13-7-8-19-43(36)52(46)55(51(45)33-38)41-29-32-49-47(34-41)44-20-9-11-21-48(44)53(49,39-14-3-1-4-15-39)40-16-5-2-6-17-40/h1-34H. The van der Waals surface area contributed by atoms with Gasteiger partial charge in [-0.25, -0.2) is 0 Å². The number of fused-ring (bicyclic) bond motifs is 8. The normalized spacial score (nSPS) is 13.0. The van der Waals surface area contributed by atoms with E-state index in [1.165, 1.54) is 88.2 Å². The first kappa shape index (κ1) is 32.0. The molecule has 0 aliphatic heterocycles. The summed E-state index contributed by atoms with van der Waals surface area (Å²) < 4.78 is 3.61. The molecule has 55 heavy (non-hydrogen) atoms. The first-order valence-electron chi connectivity index (χ1n) is 18.9. The van der Waals surface area contributed by atoms with Gasteiger partial charge in [-0.2, -0.15) is 0 Å². The smallest absolute Gasteiger partial charge is 0.0713 e. The van der Waals surface area contributed by atoms with Crippen molar-refractivity contribution in [1.82, 2.24) is 4.57 Å². The zero-order chi connectivity index (χ0) is 36.5. The maximum Gasteiger partial charge on any atom is 0.0713 e. The van der Waals surface area contributed by atoms with E-state index in [-0.39, 0.29) is 0 Å². The second-order valence-corrected chi connectivity index (χ2v) is 15.4. The summed E-state index contributed by atoms with van der Waals surface area (Å²) in [5.74, 6) is 0. The van der Waals surface area contributed by atoms with Crippen molar-refractivity contribution in [2.45, 2.75) is 5.41 Å². The minimum atomic E-state index is -0.435. The number of hydrogen-bond acceptors (Lipinski definition) is 0. The molecule has 258 valence electrons. The van der Waals surface area contributed by atoms with E-state index in [0.29, 0.717) is 0 Å². The lowest BCUT2D eigenvalue weighted by Gasteiger charge is -2.33. The van der Waals surface area contributed by atoms with Crippen LogP contribution < -0.4 is 0 Å². The average molecular weight is 765 g/mol. The van der Waals surface area contributed by atoms with Crippen molar-refractivity contribution in [3.8, 4) is 39.1 Å². The molecule has 0 radical (unpaired) electrons. The number of rotatable bonds is 5. The molecule has 1 aliphatic carbocycles. The van der Waals surface area contributed by atoms with E-state index < -0.39 is 5.41 Å². The van der Waals surface area contributed by atoms with Crippen LogP contribution in [0.4, 0.5) is 0 Å². The summed E-state index contributed by atoms with van der Waals surface area (Å²) in [7, 11) is 0. The maximum atomic E-state index is 3.74. The van der Waals surface area contributed by atoms with Crippen molar-refractivity contribution in [3.63, 3.8) is 0 Å².